The molecule has 2 N–H and O–H groups in total. The second-order valence-electron chi connectivity index (χ2n) is 4.54. The van der Waals surface area contributed by atoms with E-state index in [4.69, 9.17) is 5.73 Å². The van der Waals surface area contributed by atoms with Gasteiger partial charge in [0.05, 0.1) is 0 Å². The van der Waals surface area contributed by atoms with Gasteiger partial charge in [-0.25, -0.2) is 0 Å². The van der Waals surface area contributed by atoms with Crippen LogP contribution in [0.2, 0.25) is 0 Å². The summed E-state index contributed by atoms with van der Waals surface area (Å²) < 4.78 is 0. The van der Waals surface area contributed by atoms with Crippen LogP contribution >= 0.6 is 0 Å². The third kappa shape index (κ3) is 3.86. The lowest BCUT2D eigenvalue weighted by Crippen LogP contribution is -2.27. The zero-order valence-corrected chi connectivity index (χ0v) is 10.9. The first-order valence-corrected chi connectivity index (χ1v) is 6.14. The first-order chi connectivity index (χ1) is 8.08. The number of nitrogens with two attached hydrogens (primary N) is 1. The van der Waals surface area contributed by atoms with Crippen molar-refractivity contribution in [2.24, 2.45) is 11.7 Å². The number of hydrogen-bond donors (Lipinski definition) is 1. The van der Waals surface area contributed by atoms with Crippen LogP contribution in [-0.4, -0.2) is 13.0 Å². The Kier molecular flexibility index (Phi) is 5.16. The number of nitrogens with zero attached hydrogens (tertiary/aromatic N) is 1. The summed E-state index contributed by atoms with van der Waals surface area (Å²) in [6.45, 7) is 4.74. The van der Waals surface area contributed by atoms with Crippen molar-refractivity contribution in [1.82, 2.24) is 0 Å². The first-order valence-electron chi connectivity index (χ1n) is 6.14. The predicted octanol–water partition coefficient (Wildman–Crippen LogP) is 2.54. The fourth-order valence-electron chi connectivity index (χ4n) is 1.58. The third-order valence-electron chi connectivity index (χ3n) is 3.15. The Labute approximate surface area is 104 Å². The standard InChI is InChI=1S/C14H22N2O/c1-4-11(2)9-14(17)16(3)13-7-5-12(10-15)6-8-13/h5-8,11H,4,9-10,15H2,1-3H3. The molecule has 1 atom stereocenters. The summed E-state index contributed by atoms with van der Waals surface area (Å²) in [5.41, 5.74) is 7.55. The molecule has 94 valence electrons. The van der Waals surface area contributed by atoms with Gasteiger partial charge in [-0.05, 0) is 23.6 Å². The molecule has 0 saturated carbocycles. The molecule has 1 unspecified atom stereocenters. The second kappa shape index (κ2) is 6.40. The van der Waals surface area contributed by atoms with E-state index in [1.807, 2.05) is 31.3 Å². The summed E-state index contributed by atoms with van der Waals surface area (Å²) in [6.07, 6.45) is 1.64. The molecular weight excluding hydrogens is 212 g/mol. The van der Waals surface area contributed by atoms with Gasteiger partial charge in [-0.15, -0.1) is 0 Å². The molecule has 1 rings (SSSR count). The van der Waals surface area contributed by atoms with Crippen LogP contribution < -0.4 is 10.6 Å². The van der Waals surface area contributed by atoms with Crippen LogP contribution in [0.3, 0.4) is 0 Å². The highest BCUT2D eigenvalue weighted by molar-refractivity contribution is 5.92. The van der Waals surface area contributed by atoms with Crippen LogP contribution in [0.4, 0.5) is 5.69 Å². The van der Waals surface area contributed by atoms with E-state index in [1.165, 1.54) is 0 Å². The van der Waals surface area contributed by atoms with Gasteiger partial charge < -0.3 is 10.6 Å². The molecule has 3 heteroatoms. The van der Waals surface area contributed by atoms with Gasteiger partial charge in [-0.1, -0.05) is 32.4 Å². The minimum Gasteiger partial charge on any atom is -0.326 e. The molecule has 1 aromatic carbocycles. The highest BCUT2D eigenvalue weighted by Gasteiger charge is 2.13. The monoisotopic (exact) mass is 234 g/mol. The van der Waals surface area contributed by atoms with Crippen LogP contribution in [-0.2, 0) is 11.3 Å². The van der Waals surface area contributed by atoms with Gasteiger partial charge >= 0.3 is 0 Å². The maximum absolute atomic E-state index is 12.0. The number of anilines is 1. The highest BCUT2D eigenvalue weighted by atomic mass is 16.2. The van der Waals surface area contributed by atoms with E-state index in [2.05, 4.69) is 13.8 Å². The van der Waals surface area contributed by atoms with Gasteiger partial charge in [0, 0.05) is 25.7 Å². The van der Waals surface area contributed by atoms with Gasteiger partial charge in [-0.2, -0.15) is 0 Å². The van der Waals surface area contributed by atoms with Crippen molar-refractivity contribution in [3.8, 4) is 0 Å². The molecule has 0 fully saturated rings. The van der Waals surface area contributed by atoms with Crippen molar-refractivity contribution >= 4 is 11.6 Å². The minimum absolute atomic E-state index is 0.167. The van der Waals surface area contributed by atoms with Crippen LogP contribution in [0.5, 0.6) is 0 Å². The van der Waals surface area contributed by atoms with Crippen molar-refractivity contribution in [2.75, 3.05) is 11.9 Å². The van der Waals surface area contributed by atoms with Gasteiger partial charge in [0.1, 0.15) is 0 Å². The Morgan fingerprint density at radius 2 is 1.94 bits per heavy atom. The molecule has 17 heavy (non-hydrogen) atoms. The summed E-state index contributed by atoms with van der Waals surface area (Å²) in [7, 11) is 1.82. The average Bonchev–Trinajstić information content (AvgIpc) is 2.37. The van der Waals surface area contributed by atoms with Crippen molar-refractivity contribution in [2.45, 2.75) is 33.2 Å². The maximum Gasteiger partial charge on any atom is 0.226 e. The number of carbonyl (C=O) groups is 1. The minimum atomic E-state index is 0.167. The Morgan fingerprint density at radius 1 is 1.35 bits per heavy atom. The number of amides is 1. The van der Waals surface area contributed by atoms with Crippen LogP contribution in [0, 0.1) is 5.92 Å². The van der Waals surface area contributed by atoms with E-state index < -0.39 is 0 Å². The summed E-state index contributed by atoms with van der Waals surface area (Å²) >= 11 is 0. The van der Waals surface area contributed by atoms with Gasteiger partial charge in [0.2, 0.25) is 5.91 Å². The third-order valence-corrected chi connectivity index (χ3v) is 3.15. The summed E-state index contributed by atoms with van der Waals surface area (Å²) in [5.74, 6) is 0.605. The van der Waals surface area contributed by atoms with Crippen molar-refractivity contribution < 1.29 is 4.79 Å². The first kappa shape index (κ1) is 13.7. The molecule has 0 aliphatic rings. The average molecular weight is 234 g/mol. The van der Waals surface area contributed by atoms with E-state index >= 15 is 0 Å². The lowest BCUT2D eigenvalue weighted by molar-refractivity contribution is -0.119. The Hall–Kier alpha value is -1.35. The molecule has 1 aromatic rings. The van der Waals surface area contributed by atoms with Crippen LogP contribution in [0.1, 0.15) is 32.3 Å². The normalized spacial score (nSPS) is 12.2. The molecule has 3 nitrogen and oxygen atoms in total. The summed E-state index contributed by atoms with van der Waals surface area (Å²) in [4.78, 5) is 13.7. The molecule has 0 bridgehead atoms. The smallest absolute Gasteiger partial charge is 0.226 e. The van der Waals surface area contributed by atoms with Gasteiger partial charge in [0.15, 0.2) is 0 Å². The molecule has 0 aliphatic carbocycles. The zero-order valence-electron chi connectivity index (χ0n) is 10.9. The van der Waals surface area contributed by atoms with E-state index in [0.717, 1.165) is 17.7 Å². The fraction of sp³-hybridized carbons (Fsp3) is 0.500. The Morgan fingerprint density at radius 3 is 2.41 bits per heavy atom. The van der Waals surface area contributed by atoms with Crippen molar-refractivity contribution in [1.29, 1.82) is 0 Å². The quantitative estimate of drug-likeness (QED) is 0.851. The van der Waals surface area contributed by atoms with Crippen molar-refractivity contribution in [3.05, 3.63) is 29.8 Å². The van der Waals surface area contributed by atoms with Crippen LogP contribution in [0.25, 0.3) is 0 Å². The molecular formula is C14H22N2O. The van der Waals surface area contributed by atoms with Crippen LogP contribution in [0.15, 0.2) is 24.3 Å². The second-order valence-corrected chi connectivity index (χ2v) is 4.54. The molecule has 0 saturated heterocycles. The lowest BCUT2D eigenvalue weighted by Gasteiger charge is -2.19. The molecule has 0 radical (unpaired) electrons. The molecule has 0 aromatic heterocycles. The van der Waals surface area contributed by atoms with E-state index in [9.17, 15) is 4.79 Å². The summed E-state index contributed by atoms with van der Waals surface area (Å²) in [6, 6.07) is 7.80. The van der Waals surface area contributed by atoms with Gasteiger partial charge in [0.25, 0.3) is 0 Å². The number of rotatable bonds is 5. The lowest BCUT2D eigenvalue weighted by atomic mass is 10.0. The molecule has 0 heterocycles. The largest absolute Gasteiger partial charge is 0.326 e. The molecule has 0 aliphatic heterocycles. The van der Waals surface area contributed by atoms with Crippen molar-refractivity contribution in [3.63, 3.8) is 0 Å². The topological polar surface area (TPSA) is 46.3 Å². The van der Waals surface area contributed by atoms with E-state index in [-0.39, 0.29) is 5.91 Å². The molecule has 1 amide bonds. The zero-order chi connectivity index (χ0) is 12.8. The molecule has 0 spiro atoms. The predicted molar refractivity (Wildman–Crippen MR) is 71.8 cm³/mol. The fourth-order valence-corrected chi connectivity index (χ4v) is 1.58. The Bertz CT molecular complexity index is 359. The van der Waals surface area contributed by atoms with E-state index in [0.29, 0.717) is 18.9 Å². The number of benzene rings is 1. The Balaban J connectivity index is 2.67. The number of carbonyl (C=O) groups excluding carboxylic acids is 1. The van der Waals surface area contributed by atoms with E-state index in [1.54, 1.807) is 4.90 Å². The van der Waals surface area contributed by atoms with Gasteiger partial charge in [-0.3, -0.25) is 4.79 Å². The highest BCUT2D eigenvalue weighted by Crippen LogP contribution is 2.17. The maximum atomic E-state index is 12.0. The summed E-state index contributed by atoms with van der Waals surface area (Å²) in [5, 5.41) is 0. The number of hydrogen-bond acceptors (Lipinski definition) is 2. The SMILES string of the molecule is CCC(C)CC(=O)N(C)c1ccc(CN)cc1.